The maximum absolute atomic E-state index is 13.9. The normalized spacial score (nSPS) is 13.0. The number of carbonyl (C=O) groups is 2. The van der Waals surface area contributed by atoms with Gasteiger partial charge in [-0.2, -0.15) is 0 Å². The Morgan fingerprint density at radius 2 is 1.70 bits per heavy atom. The third kappa shape index (κ3) is 7.99. The third-order valence-corrected chi connectivity index (χ3v) is 7.89. The van der Waals surface area contributed by atoms with Crippen LogP contribution >= 0.6 is 23.2 Å². The molecular formula is C26H35Cl2N3O5S. The van der Waals surface area contributed by atoms with Crippen molar-refractivity contribution >= 4 is 50.7 Å². The fourth-order valence-corrected chi connectivity index (χ4v) is 5.17. The predicted molar refractivity (Wildman–Crippen MR) is 149 cm³/mol. The Kier molecular flexibility index (Phi) is 11.1. The molecule has 0 saturated carbocycles. The summed E-state index contributed by atoms with van der Waals surface area (Å²) < 4.78 is 32.1. The smallest absolute Gasteiger partial charge is 0.244 e. The van der Waals surface area contributed by atoms with Gasteiger partial charge < -0.3 is 15.0 Å². The summed E-state index contributed by atoms with van der Waals surface area (Å²) >= 11 is 12.8. The van der Waals surface area contributed by atoms with Crippen LogP contribution in [0.15, 0.2) is 36.4 Å². The summed E-state index contributed by atoms with van der Waals surface area (Å²) in [6, 6.07) is 9.04. The van der Waals surface area contributed by atoms with Crippen molar-refractivity contribution in [3.63, 3.8) is 0 Å². The van der Waals surface area contributed by atoms with Gasteiger partial charge in [-0.25, -0.2) is 8.42 Å². The van der Waals surface area contributed by atoms with E-state index < -0.39 is 28.5 Å². The highest BCUT2D eigenvalue weighted by molar-refractivity contribution is 7.92. The first-order valence-electron chi connectivity index (χ1n) is 12.0. The predicted octanol–water partition coefficient (Wildman–Crippen LogP) is 4.80. The summed E-state index contributed by atoms with van der Waals surface area (Å²) in [5, 5.41) is 3.59. The van der Waals surface area contributed by atoms with Crippen LogP contribution in [0.3, 0.4) is 0 Å². The van der Waals surface area contributed by atoms with Crippen LogP contribution < -0.4 is 14.4 Å². The second-order valence-electron chi connectivity index (χ2n) is 8.91. The average Bonchev–Trinajstić information content (AvgIpc) is 2.83. The van der Waals surface area contributed by atoms with Crippen molar-refractivity contribution in [1.29, 1.82) is 0 Å². The average molecular weight is 573 g/mol. The van der Waals surface area contributed by atoms with Crippen molar-refractivity contribution in [1.82, 2.24) is 10.2 Å². The molecule has 0 aliphatic rings. The summed E-state index contributed by atoms with van der Waals surface area (Å²) in [6.45, 7) is 6.78. The quantitative estimate of drug-likeness (QED) is 0.394. The Bertz CT molecular complexity index is 1200. The Labute approximate surface area is 229 Å². The molecule has 37 heavy (non-hydrogen) atoms. The van der Waals surface area contributed by atoms with E-state index in [0.29, 0.717) is 34.2 Å². The fraction of sp³-hybridized carbons (Fsp3) is 0.462. The third-order valence-electron chi connectivity index (χ3n) is 6.06. The molecule has 2 atom stereocenters. The molecular weight excluding hydrogens is 537 g/mol. The van der Waals surface area contributed by atoms with Crippen LogP contribution in [0.2, 0.25) is 10.0 Å². The van der Waals surface area contributed by atoms with Gasteiger partial charge in [0.1, 0.15) is 18.3 Å². The number of ether oxygens (including phenoxy) is 1. The molecule has 0 bridgehead atoms. The van der Waals surface area contributed by atoms with Crippen LogP contribution in [0.4, 0.5) is 5.69 Å². The van der Waals surface area contributed by atoms with Crippen molar-refractivity contribution < 1.29 is 22.7 Å². The highest BCUT2D eigenvalue weighted by atomic mass is 35.5. The zero-order chi connectivity index (χ0) is 27.9. The molecule has 0 radical (unpaired) electrons. The lowest BCUT2D eigenvalue weighted by atomic mass is 10.1. The number of nitrogens with zero attached hydrogens (tertiary/aromatic N) is 2. The van der Waals surface area contributed by atoms with Gasteiger partial charge in [0.2, 0.25) is 21.8 Å². The van der Waals surface area contributed by atoms with Gasteiger partial charge in [0.15, 0.2) is 0 Å². The van der Waals surface area contributed by atoms with Crippen LogP contribution in [0, 0.1) is 6.92 Å². The van der Waals surface area contributed by atoms with E-state index in [-0.39, 0.29) is 24.2 Å². The van der Waals surface area contributed by atoms with Crippen molar-refractivity contribution in [2.45, 2.75) is 59.2 Å². The molecule has 0 saturated heterocycles. The summed E-state index contributed by atoms with van der Waals surface area (Å²) in [5.74, 6) is -0.630. The maximum atomic E-state index is 13.9. The largest absolute Gasteiger partial charge is 0.495 e. The molecule has 0 aliphatic carbocycles. The number of amides is 2. The van der Waals surface area contributed by atoms with Crippen molar-refractivity contribution in [2.24, 2.45) is 0 Å². The van der Waals surface area contributed by atoms with Crippen molar-refractivity contribution in [3.05, 3.63) is 57.6 Å². The molecule has 0 heterocycles. The topological polar surface area (TPSA) is 96.0 Å². The summed E-state index contributed by atoms with van der Waals surface area (Å²) in [7, 11) is -2.48. The monoisotopic (exact) mass is 571 g/mol. The lowest BCUT2D eigenvalue weighted by Gasteiger charge is -2.34. The van der Waals surface area contributed by atoms with Crippen LogP contribution in [-0.4, -0.2) is 57.1 Å². The lowest BCUT2D eigenvalue weighted by Crippen LogP contribution is -2.53. The van der Waals surface area contributed by atoms with E-state index in [1.165, 1.54) is 12.0 Å². The highest BCUT2D eigenvalue weighted by Crippen LogP contribution is 2.32. The molecule has 1 N–H and O–H groups in total. The number of hydrogen-bond donors (Lipinski definition) is 1. The van der Waals surface area contributed by atoms with Gasteiger partial charge >= 0.3 is 0 Å². The standard InChI is InChI=1S/C26H35Cl2N3O5S/c1-7-18(4)29-26(33)22(8-2)30(15-19-20(27)10-9-11-21(19)28)25(32)16-31(37(6,34)35)23-14-17(3)12-13-24(23)36-5/h9-14,18,22H,7-8,15-16H2,1-6H3,(H,29,33). The Hall–Kier alpha value is -2.49. The molecule has 11 heteroatoms. The molecule has 2 aromatic rings. The molecule has 0 spiro atoms. The SMILES string of the molecule is CCC(C)NC(=O)C(CC)N(Cc1c(Cl)cccc1Cl)C(=O)CN(c1cc(C)ccc1OC)S(C)(=O)=O. The van der Waals surface area contributed by atoms with E-state index in [1.54, 1.807) is 43.3 Å². The van der Waals surface area contributed by atoms with E-state index in [4.69, 9.17) is 27.9 Å². The van der Waals surface area contributed by atoms with E-state index >= 15 is 0 Å². The highest BCUT2D eigenvalue weighted by Gasteiger charge is 2.33. The Morgan fingerprint density at radius 1 is 1.08 bits per heavy atom. The molecule has 0 fully saturated rings. The van der Waals surface area contributed by atoms with Gasteiger partial charge in [-0.1, -0.05) is 49.2 Å². The van der Waals surface area contributed by atoms with E-state index in [2.05, 4.69) is 5.32 Å². The number of rotatable bonds is 12. The number of benzene rings is 2. The first kappa shape index (κ1) is 30.7. The fourth-order valence-electron chi connectivity index (χ4n) is 3.80. The van der Waals surface area contributed by atoms with Crippen molar-refractivity contribution in [2.75, 3.05) is 24.2 Å². The van der Waals surface area contributed by atoms with Crippen LogP contribution in [0.1, 0.15) is 44.7 Å². The van der Waals surface area contributed by atoms with Crippen LogP contribution in [0.5, 0.6) is 5.75 Å². The number of carbonyl (C=O) groups excluding carboxylic acids is 2. The van der Waals surface area contributed by atoms with E-state index in [9.17, 15) is 18.0 Å². The molecule has 2 unspecified atom stereocenters. The second-order valence-corrected chi connectivity index (χ2v) is 11.6. The summed E-state index contributed by atoms with van der Waals surface area (Å²) in [5.41, 5.74) is 1.48. The summed E-state index contributed by atoms with van der Waals surface area (Å²) in [6.07, 6.45) is 2.02. The van der Waals surface area contributed by atoms with Crippen molar-refractivity contribution in [3.8, 4) is 5.75 Å². The molecule has 8 nitrogen and oxygen atoms in total. The second kappa shape index (κ2) is 13.3. The number of nitrogens with one attached hydrogen (secondary N) is 1. The lowest BCUT2D eigenvalue weighted by molar-refractivity contribution is -0.140. The number of methoxy groups -OCH3 is 1. The van der Waals surface area contributed by atoms with E-state index in [1.807, 2.05) is 20.8 Å². The van der Waals surface area contributed by atoms with E-state index in [0.717, 1.165) is 16.1 Å². The maximum Gasteiger partial charge on any atom is 0.244 e. The molecule has 2 rings (SSSR count). The molecule has 0 aliphatic heterocycles. The number of anilines is 1. The van der Waals surface area contributed by atoms with Gasteiger partial charge in [0.25, 0.3) is 0 Å². The molecule has 0 aromatic heterocycles. The van der Waals surface area contributed by atoms with Gasteiger partial charge in [-0.15, -0.1) is 0 Å². The Balaban J connectivity index is 2.57. The van der Waals surface area contributed by atoms with Crippen LogP contribution in [0.25, 0.3) is 0 Å². The molecule has 204 valence electrons. The number of hydrogen-bond acceptors (Lipinski definition) is 5. The van der Waals surface area contributed by atoms with Gasteiger partial charge in [-0.3, -0.25) is 13.9 Å². The minimum atomic E-state index is -3.91. The molecule has 2 amide bonds. The first-order valence-corrected chi connectivity index (χ1v) is 14.6. The van der Waals surface area contributed by atoms with Gasteiger partial charge in [0, 0.05) is 28.2 Å². The zero-order valence-electron chi connectivity index (χ0n) is 22.0. The number of sulfonamides is 1. The number of aryl methyl sites for hydroxylation is 1. The Morgan fingerprint density at radius 3 is 2.22 bits per heavy atom. The number of halogens is 2. The first-order chi connectivity index (χ1) is 17.3. The van der Waals surface area contributed by atoms with Crippen LogP contribution in [-0.2, 0) is 26.2 Å². The minimum absolute atomic E-state index is 0.0771. The van der Waals surface area contributed by atoms with Gasteiger partial charge in [0.05, 0.1) is 19.1 Å². The van der Waals surface area contributed by atoms with Gasteiger partial charge in [-0.05, 0) is 56.5 Å². The zero-order valence-corrected chi connectivity index (χ0v) is 24.4. The molecule has 2 aromatic carbocycles. The summed E-state index contributed by atoms with van der Waals surface area (Å²) in [4.78, 5) is 28.4. The minimum Gasteiger partial charge on any atom is -0.495 e.